The van der Waals surface area contributed by atoms with Crippen molar-refractivity contribution in [1.82, 2.24) is 0 Å². The van der Waals surface area contributed by atoms with Gasteiger partial charge >= 0.3 is 5.97 Å². The minimum Gasteiger partial charge on any atom is -0.467 e. The van der Waals surface area contributed by atoms with Gasteiger partial charge in [-0.2, -0.15) is 0 Å². The number of carbonyl (C=O) groups excluding carboxylic acids is 1. The zero-order valence-electron chi connectivity index (χ0n) is 5.90. The lowest BCUT2D eigenvalue weighted by molar-refractivity contribution is -0.141. The molecule has 1 heterocycles. The molecule has 1 aliphatic rings. The molecule has 0 unspecified atom stereocenters. The number of thioether (sulfide) groups is 1. The second kappa shape index (κ2) is 3.05. The van der Waals surface area contributed by atoms with E-state index in [1.165, 1.54) is 7.11 Å². The summed E-state index contributed by atoms with van der Waals surface area (Å²) in [5, 5.41) is 0.229. The molecule has 10 heavy (non-hydrogen) atoms. The van der Waals surface area contributed by atoms with Crippen LogP contribution in [0.3, 0.4) is 0 Å². The third-order valence-corrected chi connectivity index (χ3v) is 2.31. The largest absolute Gasteiger partial charge is 0.467 e. The van der Waals surface area contributed by atoms with Gasteiger partial charge in [0, 0.05) is 5.25 Å². The number of aliphatic imine (C=N–C) groups is 1. The summed E-state index contributed by atoms with van der Waals surface area (Å²) in [6.45, 7) is 1.96. The van der Waals surface area contributed by atoms with E-state index in [9.17, 15) is 4.79 Å². The number of rotatable bonds is 1. The summed E-state index contributed by atoms with van der Waals surface area (Å²) in [6.07, 6.45) is 0. The van der Waals surface area contributed by atoms with E-state index in [1.807, 2.05) is 6.92 Å². The lowest BCUT2D eigenvalue weighted by atomic mass is 10.2. The first kappa shape index (κ1) is 7.60. The van der Waals surface area contributed by atoms with Crippen molar-refractivity contribution in [3.63, 3.8) is 0 Å². The van der Waals surface area contributed by atoms with E-state index in [-0.39, 0.29) is 17.3 Å². The zero-order valence-corrected chi connectivity index (χ0v) is 6.72. The number of nitrogens with zero attached hydrogens (tertiary/aromatic N) is 1. The molecule has 0 amide bonds. The standard InChI is InChI=1S/C6H9NO2S/c1-4-5(6(8)9-2)7-3-10-4/h3-5H,1-2H3/t4-,5+/m1/s1. The fraction of sp³-hybridized carbons (Fsp3) is 0.667. The minimum atomic E-state index is -0.282. The van der Waals surface area contributed by atoms with E-state index < -0.39 is 0 Å². The number of hydrogen-bond donors (Lipinski definition) is 0. The third kappa shape index (κ3) is 1.31. The Hall–Kier alpha value is -0.510. The summed E-state index contributed by atoms with van der Waals surface area (Å²) in [5.41, 5.74) is 1.70. The van der Waals surface area contributed by atoms with E-state index in [2.05, 4.69) is 9.73 Å². The van der Waals surface area contributed by atoms with Crippen LogP contribution in [0.1, 0.15) is 6.92 Å². The second-order valence-electron chi connectivity index (χ2n) is 2.06. The maximum atomic E-state index is 10.9. The highest BCUT2D eigenvalue weighted by Gasteiger charge is 2.28. The fourth-order valence-corrected chi connectivity index (χ4v) is 1.49. The van der Waals surface area contributed by atoms with E-state index >= 15 is 0 Å². The second-order valence-corrected chi connectivity index (χ2v) is 3.29. The molecule has 2 atom stereocenters. The van der Waals surface area contributed by atoms with Gasteiger partial charge in [0.2, 0.25) is 0 Å². The molecule has 4 heteroatoms. The summed E-state index contributed by atoms with van der Waals surface area (Å²) in [7, 11) is 1.38. The Balaban J connectivity index is 2.55. The summed E-state index contributed by atoms with van der Waals surface area (Å²) in [4.78, 5) is 14.8. The monoisotopic (exact) mass is 159 g/mol. The van der Waals surface area contributed by atoms with Crippen LogP contribution < -0.4 is 0 Å². The van der Waals surface area contributed by atoms with Crippen molar-refractivity contribution < 1.29 is 9.53 Å². The lowest BCUT2D eigenvalue weighted by Crippen LogP contribution is -2.26. The van der Waals surface area contributed by atoms with Gasteiger partial charge in [-0.1, -0.05) is 6.92 Å². The maximum absolute atomic E-state index is 10.9. The van der Waals surface area contributed by atoms with Crippen LogP contribution in [0.4, 0.5) is 0 Å². The van der Waals surface area contributed by atoms with Crippen LogP contribution in [-0.4, -0.2) is 29.9 Å². The number of ether oxygens (including phenoxy) is 1. The fourth-order valence-electron chi connectivity index (χ4n) is 0.766. The Morgan fingerprint density at radius 2 is 2.50 bits per heavy atom. The van der Waals surface area contributed by atoms with Gasteiger partial charge in [-0.15, -0.1) is 11.8 Å². The topological polar surface area (TPSA) is 38.7 Å². The van der Waals surface area contributed by atoms with Crippen LogP contribution in [0.25, 0.3) is 0 Å². The van der Waals surface area contributed by atoms with Gasteiger partial charge in [0.15, 0.2) is 6.04 Å². The number of esters is 1. The van der Waals surface area contributed by atoms with E-state index in [0.29, 0.717) is 0 Å². The van der Waals surface area contributed by atoms with Crippen LogP contribution in [0.15, 0.2) is 4.99 Å². The molecule has 3 nitrogen and oxygen atoms in total. The third-order valence-electron chi connectivity index (χ3n) is 1.38. The van der Waals surface area contributed by atoms with Gasteiger partial charge in [0.1, 0.15) is 0 Å². The molecular formula is C6H9NO2S. The molecule has 0 bridgehead atoms. The maximum Gasteiger partial charge on any atom is 0.331 e. The van der Waals surface area contributed by atoms with E-state index in [0.717, 1.165) is 0 Å². The van der Waals surface area contributed by atoms with Crippen LogP contribution in [0, 0.1) is 0 Å². The Kier molecular flexibility index (Phi) is 2.32. The average molecular weight is 159 g/mol. The van der Waals surface area contributed by atoms with Gasteiger partial charge in [-0.05, 0) is 0 Å². The number of methoxy groups -OCH3 is 1. The van der Waals surface area contributed by atoms with Crippen molar-refractivity contribution in [2.75, 3.05) is 7.11 Å². The van der Waals surface area contributed by atoms with Crippen molar-refractivity contribution in [3.8, 4) is 0 Å². The predicted octanol–water partition coefficient (Wildman–Crippen LogP) is 0.692. The van der Waals surface area contributed by atoms with E-state index in [4.69, 9.17) is 0 Å². The highest BCUT2D eigenvalue weighted by atomic mass is 32.2. The molecule has 0 radical (unpaired) electrons. The van der Waals surface area contributed by atoms with Crippen LogP contribution in [0.2, 0.25) is 0 Å². The van der Waals surface area contributed by atoms with Crippen LogP contribution >= 0.6 is 11.8 Å². The highest BCUT2D eigenvalue weighted by molar-refractivity contribution is 8.12. The van der Waals surface area contributed by atoms with Crippen molar-refractivity contribution in [1.29, 1.82) is 0 Å². The van der Waals surface area contributed by atoms with Crippen LogP contribution in [0.5, 0.6) is 0 Å². The van der Waals surface area contributed by atoms with Gasteiger partial charge in [0.25, 0.3) is 0 Å². The van der Waals surface area contributed by atoms with Crippen molar-refractivity contribution in [2.24, 2.45) is 4.99 Å². The molecule has 56 valence electrons. The van der Waals surface area contributed by atoms with Crippen molar-refractivity contribution in [3.05, 3.63) is 0 Å². The molecule has 1 rings (SSSR count). The molecule has 0 aromatic carbocycles. The Morgan fingerprint density at radius 1 is 1.80 bits per heavy atom. The van der Waals surface area contributed by atoms with Gasteiger partial charge in [-0.3, -0.25) is 4.99 Å². The Bertz CT molecular complexity index is 169. The Morgan fingerprint density at radius 3 is 2.90 bits per heavy atom. The smallest absolute Gasteiger partial charge is 0.331 e. The molecule has 0 aliphatic carbocycles. The molecule has 0 saturated heterocycles. The highest BCUT2D eigenvalue weighted by Crippen LogP contribution is 2.21. The van der Waals surface area contributed by atoms with E-state index in [1.54, 1.807) is 17.3 Å². The summed E-state index contributed by atoms with van der Waals surface area (Å²) < 4.78 is 4.54. The molecule has 0 fully saturated rings. The van der Waals surface area contributed by atoms with Gasteiger partial charge < -0.3 is 4.74 Å². The Labute approximate surface area is 63.9 Å². The zero-order chi connectivity index (χ0) is 7.56. The number of carbonyl (C=O) groups is 1. The number of hydrogen-bond acceptors (Lipinski definition) is 4. The minimum absolute atomic E-state index is 0.229. The first-order valence-corrected chi connectivity index (χ1v) is 3.95. The SMILES string of the molecule is COC(=O)[C@H]1N=CS[C@@H]1C. The van der Waals surface area contributed by atoms with Crippen molar-refractivity contribution in [2.45, 2.75) is 18.2 Å². The molecule has 0 aromatic rings. The summed E-state index contributed by atoms with van der Waals surface area (Å²) >= 11 is 1.56. The molecule has 0 aromatic heterocycles. The first-order chi connectivity index (χ1) is 4.75. The molecule has 0 spiro atoms. The first-order valence-electron chi connectivity index (χ1n) is 3.00. The summed E-state index contributed by atoms with van der Waals surface area (Å²) in [6, 6.07) is -0.282. The van der Waals surface area contributed by atoms with Crippen molar-refractivity contribution >= 4 is 23.3 Å². The normalized spacial score (nSPS) is 30.6. The molecule has 1 aliphatic heterocycles. The lowest BCUT2D eigenvalue weighted by Gasteiger charge is -2.08. The van der Waals surface area contributed by atoms with Gasteiger partial charge in [0.05, 0.1) is 12.7 Å². The average Bonchev–Trinajstić information content (AvgIpc) is 2.34. The molecule has 0 saturated carbocycles. The van der Waals surface area contributed by atoms with Gasteiger partial charge in [-0.25, -0.2) is 4.79 Å². The predicted molar refractivity (Wildman–Crippen MR) is 41.3 cm³/mol. The molecular weight excluding hydrogens is 150 g/mol. The summed E-state index contributed by atoms with van der Waals surface area (Å²) in [5.74, 6) is -0.242. The quantitative estimate of drug-likeness (QED) is 0.528. The van der Waals surface area contributed by atoms with Crippen LogP contribution in [-0.2, 0) is 9.53 Å². The molecule has 0 N–H and O–H groups in total.